The molecule has 1 amide bonds. The molecule has 0 fully saturated rings. The van der Waals surface area contributed by atoms with Crippen molar-refractivity contribution in [3.05, 3.63) is 93.3 Å². The van der Waals surface area contributed by atoms with Gasteiger partial charge in [-0.1, -0.05) is 29.8 Å². The van der Waals surface area contributed by atoms with Gasteiger partial charge in [0.1, 0.15) is 11.6 Å². The first-order chi connectivity index (χ1) is 16.0. The average Bonchev–Trinajstić information content (AvgIpc) is 3.38. The van der Waals surface area contributed by atoms with Crippen molar-refractivity contribution in [2.24, 2.45) is 10.2 Å². The number of hydrogen-bond acceptors (Lipinski definition) is 5. The molecule has 0 atom stereocenters. The highest BCUT2D eigenvalue weighted by Crippen LogP contribution is 2.27. The number of amides is 1. The number of benzene rings is 3. The Kier molecular flexibility index (Phi) is 5.53. The second-order valence-corrected chi connectivity index (χ2v) is 8.41. The van der Waals surface area contributed by atoms with Gasteiger partial charge in [-0.25, -0.2) is 4.39 Å². The Balaban J connectivity index is 1.69. The normalized spacial score (nSPS) is 14.5. The molecule has 1 aliphatic heterocycles. The van der Waals surface area contributed by atoms with Crippen molar-refractivity contribution in [2.75, 3.05) is 12.4 Å². The molecule has 3 aromatic carbocycles. The summed E-state index contributed by atoms with van der Waals surface area (Å²) in [6.45, 7) is 0. The number of nitrogens with one attached hydrogen (secondary N) is 1. The Morgan fingerprint density at radius 2 is 1.88 bits per heavy atom. The van der Waals surface area contributed by atoms with Crippen molar-refractivity contribution in [3.8, 4) is 22.7 Å². The van der Waals surface area contributed by atoms with E-state index in [0.29, 0.717) is 26.8 Å². The SMILES string of the molecule is COc1cccc(-n2c(-c3ccc(Cl)cc3)cs/c2=N\N=C2\C(=O)Nc3ccc(F)cc32)c1. The van der Waals surface area contributed by atoms with E-state index in [-0.39, 0.29) is 5.71 Å². The molecule has 1 N–H and O–H groups in total. The lowest BCUT2D eigenvalue weighted by molar-refractivity contribution is -0.110. The van der Waals surface area contributed by atoms with E-state index in [1.165, 1.54) is 29.5 Å². The van der Waals surface area contributed by atoms with E-state index in [4.69, 9.17) is 16.3 Å². The van der Waals surface area contributed by atoms with Gasteiger partial charge in [-0.2, -0.15) is 0 Å². The topological polar surface area (TPSA) is 68.0 Å². The Morgan fingerprint density at radius 1 is 1.06 bits per heavy atom. The lowest BCUT2D eigenvalue weighted by Crippen LogP contribution is -2.16. The molecule has 0 aliphatic carbocycles. The van der Waals surface area contributed by atoms with Gasteiger partial charge in [0.05, 0.1) is 24.2 Å². The van der Waals surface area contributed by atoms with Gasteiger partial charge in [0.25, 0.3) is 5.91 Å². The summed E-state index contributed by atoms with van der Waals surface area (Å²) in [5.74, 6) is -0.197. The molecule has 5 rings (SSSR count). The minimum absolute atomic E-state index is 0.0585. The van der Waals surface area contributed by atoms with Crippen LogP contribution < -0.4 is 14.9 Å². The molecule has 1 aromatic heterocycles. The minimum Gasteiger partial charge on any atom is -0.497 e. The molecule has 6 nitrogen and oxygen atoms in total. The van der Waals surface area contributed by atoms with E-state index >= 15 is 0 Å². The van der Waals surface area contributed by atoms with Crippen LogP contribution in [0.1, 0.15) is 5.56 Å². The van der Waals surface area contributed by atoms with Gasteiger partial charge in [-0.05, 0) is 48.0 Å². The van der Waals surface area contributed by atoms with Crippen molar-refractivity contribution in [1.82, 2.24) is 4.57 Å². The molecular formula is C24H16ClFN4O2S. The van der Waals surface area contributed by atoms with Crippen molar-refractivity contribution in [3.63, 3.8) is 0 Å². The fourth-order valence-corrected chi connectivity index (χ4v) is 4.50. The number of hydrogen-bond donors (Lipinski definition) is 1. The monoisotopic (exact) mass is 478 g/mol. The van der Waals surface area contributed by atoms with Crippen molar-refractivity contribution in [1.29, 1.82) is 0 Å². The van der Waals surface area contributed by atoms with Crippen LogP contribution in [0.2, 0.25) is 5.02 Å². The number of fused-ring (bicyclic) bond motifs is 1. The van der Waals surface area contributed by atoms with E-state index in [1.807, 2.05) is 58.5 Å². The Morgan fingerprint density at radius 3 is 2.67 bits per heavy atom. The van der Waals surface area contributed by atoms with Crippen LogP contribution in [-0.4, -0.2) is 23.3 Å². The Hall–Kier alpha value is -3.75. The number of halogens is 2. The van der Waals surface area contributed by atoms with Gasteiger partial charge < -0.3 is 10.1 Å². The number of thiazole rings is 1. The summed E-state index contributed by atoms with van der Waals surface area (Å²) in [5.41, 5.74) is 3.55. The van der Waals surface area contributed by atoms with Gasteiger partial charge in [0, 0.05) is 22.0 Å². The zero-order valence-electron chi connectivity index (χ0n) is 17.3. The van der Waals surface area contributed by atoms with Gasteiger partial charge in [0.15, 0.2) is 5.71 Å². The number of rotatable bonds is 4. The quantitative estimate of drug-likeness (QED) is 0.406. The molecule has 4 aromatic rings. The third kappa shape index (κ3) is 4.06. The largest absolute Gasteiger partial charge is 0.497 e. The van der Waals surface area contributed by atoms with Gasteiger partial charge >= 0.3 is 0 Å². The lowest BCUT2D eigenvalue weighted by Gasteiger charge is -2.10. The molecule has 0 radical (unpaired) electrons. The summed E-state index contributed by atoms with van der Waals surface area (Å²) < 4.78 is 21.1. The van der Waals surface area contributed by atoms with Crippen LogP contribution in [0.25, 0.3) is 16.9 Å². The standard InChI is InChI=1S/C24H16ClFN4O2S/c1-32-18-4-2-3-17(12-18)30-21(14-5-7-15(25)8-6-14)13-33-24(30)29-28-22-19-11-16(26)9-10-20(19)27-23(22)31/h2-13H,1H3,(H,27,28,31)/b29-24-. The summed E-state index contributed by atoms with van der Waals surface area (Å²) >= 11 is 7.43. The summed E-state index contributed by atoms with van der Waals surface area (Å²) in [4.78, 5) is 12.9. The molecule has 1 aliphatic rings. The van der Waals surface area contributed by atoms with Gasteiger partial charge in [0.2, 0.25) is 4.80 Å². The molecular weight excluding hydrogens is 463 g/mol. The maximum atomic E-state index is 13.8. The number of carbonyl (C=O) groups is 1. The van der Waals surface area contributed by atoms with E-state index < -0.39 is 11.7 Å². The fraction of sp³-hybridized carbons (Fsp3) is 0.0417. The summed E-state index contributed by atoms with van der Waals surface area (Å²) in [5, 5.41) is 13.9. The van der Waals surface area contributed by atoms with Crippen molar-refractivity contribution in [2.45, 2.75) is 0 Å². The van der Waals surface area contributed by atoms with Crippen molar-refractivity contribution >= 4 is 40.2 Å². The third-order valence-corrected chi connectivity index (χ3v) is 6.16. The van der Waals surface area contributed by atoms with Crippen LogP contribution in [0, 0.1) is 5.82 Å². The number of nitrogens with zero attached hydrogens (tertiary/aromatic N) is 3. The smallest absolute Gasteiger partial charge is 0.276 e. The maximum absolute atomic E-state index is 13.8. The first-order valence-corrected chi connectivity index (χ1v) is 11.1. The molecule has 164 valence electrons. The van der Waals surface area contributed by atoms with E-state index in [2.05, 4.69) is 15.5 Å². The molecule has 0 spiro atoms. The predicted molar refractivity (Wildman–Crippen MR) is 128 cm³/mol. The highest BCUT2D eigenvalue weighted by molar-refractivity contribution is 7.07. The first-order valence-electron chi connectivity index (χ1n) is 9.87. The molecule has 2 heterocycles. The number of methoxy groups -OCH3 is 1. The molecule has 0 bridgehead atoms. The Labute approximate surface area is 197 Å². The van der Waals surface area contributed by atoms with Gasteiger partial charge in [-0.15, -0.1) is 21.5 Å². The second-order valence-electron chi connectivity index (χ2n) is 7.14. The van der Waals surface area contributed by atoms with Crippen LogP contribution in [0.15, 0.2) is 82.3 Å². The zero-order chi connectivity index (χ0) is 22.9. The summed E-state index contributed by atoms with van der Waals surface area (Å²) in [6, 6.07) is 19.1. The molecule has 9 heteroatoms. The van der Waals surface area contributed by atoms with Crippen LogP contribution in [0.3, 0.4) is 0 Å². The number of aromatic nitrogens is 1. The Bertz CT molecular complexity index is 1470. The second kappa shape index (κ2) is 8.65. The predicted octanol–water partition coefficient (Wildman–Crippen LogP) is 5.26. The molecule has 33 heavy (non-hydrogen) atoms. The summed E-state index contributed by atoms with van der Waals surface area (Å²) in [7, 11) is 1.60. The van der Waals surface area contributed by atoms with Crippen LogP contribution in [0.4, 0.5) is 10.1 Å². The summed E-state index contributed by atoms with van der Waals surface area (Å²) in [6.07, 6.45) is 0. The first kappa shape index (κ1) is 21.1. The number of ether oxygens (including phenoxy) is 1. The van der Waals surface area contributed by atoms with Crippen LogP contribution in [0.5, 0.6) is 5.75 Å². The fourth-order valence-electron chi connectivity index (χ4n) is 3.52. The van der Waals surface area contributed by atoms with E-state index in [1.54, 1.807) is 7.11 Å². The average molecular weight is 479 g/mol. The molecule has 0 unspecified atom stereocenters. The van der Waals surface area contributed by atoms with E-state index in [9.17, 15) is 9.18 Å². The van der Waals surface area contributed by atoms with Crippen molar-refractivity contribution < 1.29 is 13.9 Å². The molecule has 0 saturated heterocycles. The highest BCUT2D eigenvalue weighted by atomic mass is 35.5. The highest BCUT2D eigenvalue weighted by Gasteiger charge is 2.26. The third-order valence-electron chi connectivity index (χ3n) is 5.10. The zero-order valence-corrected chi connectivity index (χ0v) is 18.8. The number of carbonyl (C=O) groups excluding carboxylic acids is 1. The van der Waals surface area contributed by atoms with Crippen LogP contribution >= 0.6 is 22.9 Å². The minimum atomic E-state index is -0.453. The number of anilines is 1. The van der Waals surface area contributed by atoms with Gasteiger partial charge in [-0.3, -0.25) is 9.36 Å². The van der Waals surface area contributed by atoms with Crippen LogP contribution in [-0.2, 0) is 4.79 Å². The molecule has 0 saturated carbocycles. The lowest BCUT2D eigenvalue weighted by atomic mass is 10.1. The van der Waals surface area contributed by atoms with E-state index in [0.717, 1.165) is 16.9 Å². The maximum Gasteiger partial charge on any atom is 0.276 e.